The van der Waals surface area contributed by atoms with Gasteiger partial charge in [0.15, 0.2) is 0 Å². The van der Waals surface area contributed by atoms with Crippen LogP contribution in [0.3, 0.4) is 0 Å². The Balaban J connectivity index is 2.02. The number of anilines is 1. The molecule has 0 fully saturated rings. The first-order valence-electron chi connectivity index (χ1n) is 6.13. The Labute approximate surface area is 116 Å². The van der Waals surface area contributed by atoms with Crippen molar-refractivity contribution < 1.29 is 0 Å². The van der Waals surface area contributed by atoms with Gasteiger partial charge >= 0.3 is 0 Å². The third-order valence-electron chi connectivity index (χ3n) is 3.23. The number of nitrogens with zero attached hydrogens (tertiary/aromatic N) is 2. The highest BCUT2D eigenvalue weighted by Crippen LogP contribution is 2.25. The van der Waals surface area contributed by atoms with Crippen molar-refractivity contribution in [2.45, 2.75) is 32.7 Å². The summed E-state index contributed by atoms with van der Waals surface area (Å²) >= 11 is 3.44. The number of benzene rings is 1. The lowest BCUT2D eigenvalue weighted by molar-refractivity contribution is 0.536. The van der Waals surface area contributed by atoms with Crippen LogP contribution in [-0.2, 0) is 6.54 Å². The molecule has 1 atom stereocenters. The topological polar surface area (TPSA) is 43.8 Å². The molecule has 0 saturated heterocycles. The molecule has 0 saturated carbocycles. The molecule has 0 bridgehead atoms. The summed E-state index contributed by atoms with van der Waals surface area (Å²) < 4.78 is 2.79. The van der Waals surface area contributed by atoms with E-state index in [0.29, 0.717) is 11.7 Å². The number of rotatable bonds is 4. The molecule has 2 N–H and O–H groups in total. The lowest BCUT2D eigenvalue weighted by Crippen LogP contribution is -2.07. The molecule has 1 heterocycles. The molecule has 0 aliphatic carbocycles. The Morgan fingerprint density at radius 3 is 2.56 bits per heavy atom. The lowest BCUT2D eigenvalue weighted by Gasteiger charge is -2.12. The van der Waals surface area contributed by atoms with Crippen molar-refractivity contribution in [1.29, 1.82) is 0 Å². The van der Waals surface area contributed by atoms with E-state index in [1.165, 1.54) is 5.56 Å². The van der Waals surface area contributed by atoms with Gasteiger partial charge in [0.25, 0.3) is 0 Å². The molecule has 0 aliphatic heterocycles. The molecule has 2 aromatic rings. The van der Waals surface area contributed by atoms with Crippen molar-refractivity contribution in [2.75, 3.05) is 5.73 Å². The smallest absolute Gasteiger partial charge is 0.136 e. The third kappa shape index (κ3) is 2.75. The van der Waals surface area contributed by atoms with Gasteiger partial charge in [-0.2, -0.15) is 5.10 Å². The second-order valence-corrected chi connectivity index (χ2v) is 5.40. The summed E-state index contributed by atoms with van der Waals surface area (Å²) in [6, 6.07) is 10.5. The molecular formula is C14H18BrN3. The van der Waals surface area contributed by atoms with Gasteiger partial charge < -0.3 is 5.73 Å². The second kappa shape index (κ2) is 5.57. The first kappa shape index (κ1) is 13.1. The van der Waals surface area contributed by atoms with Crippen LogP contribution in [0.2, 0.25) is 0 Å². The van der Waals surface area contributed by atoms with Crippen LogP contribution in [0, 0.1) is 6.92 Å². The van der Waals surface area contributed by atoms with Crippen molar-refractivity contribution in [3.63, 3.8) is 0 Å². The molecule has 18 heavy (non-hydrogen) atoms. The van der Waals surface area contributed by atoms with Gasteiger partial charge in [0.05, 0.1) is 10.2 Å². The molecule has 0 spiro atoms. The van der Waals surface area contributed by atoms with Crippen LogP contribution in [0.1, 0.15) is 30.5 Å². The zero-order valence-electron chi connectivity index (χ0n) is 10.7. The number of nitrogen functional groups attached to an aromatic ring is 1. The minimum Gasteiger partial charge on any atom is -0.383 e. The van der Waals surface area contributed by atoms with Gasteiger partial charge in [-0.15, -0.1) is 0 Å². The zero-order chi connectivity index (χ0) is 13.1. The molecule has 0 aliphatic rings. The number of hydrogen-bond acceptors (Lipinski definition) is 2. The molecule has 0 radical (unpaired) electrons. The maximum Gasteiger partial charge on any atom is 0.136 e. The highest BCUT2D eigenvalue weighted by molar-refractivity contribution is 9.10. The maximum atomic E-state index is 5.98. The van der Waals surface area contributed by atoms with E-state index in [4.69, 9.17) is 5.73 Å². The van der Waals surface area contributed by atoms with Gasteiger partial charge in [0, 0.05) is 6.54 Å². The lowest BCUT2D eigenvalue weighted by atomic mass is 9.98. The zero-order valence-corrected chi connectivity index (χ0v) is 12.3. The van der Waals surface area contributed by atoms with E-state index < -0.39 is 0 Å². The van der Waals surface area contributed by atoms with Gasteiger partial charge in [-0.25, -0.2) is 4.68 Å². The van der Waals surface area contributed by atoms with Crippen LogP contribution in [-0.4, -0.2) is 9.78 Å². The summed E-state index contributed by atoms with van der Waals surface area (Å²) in [5.41, 5.74) is 8.29. The molecule has 4 heteroatoms. The average molecular weight is 308 g/mol. The fourth-order valence-corrected chi connectivity index (χ4v) is 2.30. The highest BCUT2D eigenvalue weighted by atomic mass is 79.9. The van der Waals surface area contributed by atoms with Crippen LogP contribution in [0.15, 0.2) is 34.8 Å². The summed E-state index contributed by atoms with van der Waals surface area (Å²) in [6.45, 7) is 5.03. The van der Waals surface area contributed by atoms with E-state index in [1.54, 1.807) is 0 Å². The van der Waals surface area contributed by atoms with Crippen molar-refractivity contribution in [2.24, 2.45) is 0 Å². The number of nitrogens with two attached hydrogens (primary N) is 1. The molecule has 3 nitrogen and oxygen atoms in total. The standard InChI is InChI=1S/C14H18BrN3/c1-10(12-6-4-3-5-7-12)8-9-18-14(16)13(15)11(2)17-18/h3-7,10H,8-9,16H2,1-2H3. The number of aryl methyl sites for hydroxylation is 2. The Hall–Kier alpha value is -1.29. The molecule has 1 aromatic carbocycles. The van der Waals surface area contributed by atoms with Crippen molar-refractivity contribution in [3.8, 4) is 0 Å². The summed E-state index contributed by atoms with van der Waals surface area (Å²) in [5.74, 6) is 1.22. The largest absolute Gasteiger partial charge is 0.383 e. The molecule has 0 amide bonds. The number of aromatic nitrogens is 2. The fourth-order valence-electron chi connectivity index (χ4n) is 2.01. The molecular weight excluding hydrogens is 290 g/mol. The molecule has 2 rings (SSSR count). The van der Waals surface area contributed by atoms with E-state index in [1.807, 2.05) is 17.7 Å². The van der Waals surface area contributed by atoms with Gasteiger partial charge in [0.1, 0.15) is 5.82 Å². The molecule has 1 aromatic heterocycles. The van der Waals surface area contributed by atoms with Crippen molar-refractivity contribution in [1.82, 2.24) is 9.78 Å². The van der Waals surface area contributed by atoms with E-state index >= 15 is 0 Å². The minimum atomic E-state index is 0.508. The monoisotopic (exact) mass is 307 g/mol. The van der Waals surface area contributed by atoms with Crippen LogP contribution in [0.25, 0.3) is 0 Å². The van der Waals surface area contributed by atoms with Crippen LogP contribution < -0.4 is 5.73 Å². The van der Waals surface area contributed by atoms with E-state index in [9.17, 15) is 0 Å². The summed E-state index contributed by atoms with van der Waals surface area (Å²) in [6.07, 6.45) is 1.03. The second-order valence-electron chi connectivity index (χ2n) is 4.61. The quantitative estimate of drug-likeness (QED) is 0.935. The summed E-state index contributed by atoms with van der Waals surface area (Å²) in [7, 11) is 0. The van der Waals surface area contributed by atoms with Crippen molar-refractivity contribution in [3.05, 3.63) is 46.1 Å². The maximum absolute atomic E-state index is 5.98. The number of halogens is 1. The van der Waals surface area contributed by atoms with Crippen molar-refractivity contribution >= 4 is 21.7 Å². The van der Waals surface area contributed by atoms with Crippen LogP contribution in [0.4, 0.5) is 5.82 Å². The van der Waals surface area contributed by atoms with Crippen LogP contribution in [0.5, 0.6) is 0 Å². The Morgan fingerprint density at radius 1 is 1.33 bits per heavy atom. The van der Waals surface area contributed by atoms with Gasteiger partial charge in [-0.05, 0) is 40.8 Å². The van der Waals surface area contributed by atoms with Gasteiger partial charge in [-0.3, -0.25) is 0 Å². The predicted octanol–water partition coefficient (Wildman–Crippen LogP) is 3.73. The Morgan fingerprint density at radius 2 is 2.00 bits per heavy atom. The fraction of sp³-hybridized carbons (Fsp3) is 0.357. The SMILES string of the molecule is Cc1nn(CCC(C)c2ccccc2)c(N)c1Br. The first-order valence-corrected chi connectivity index (χ1v) is 6.92. The van der Waals surface area contributed by atoms with E-state index in [2.05, 4.69) is 52.2 Å². The van der Waals surface area contributed by atoms with Gasteiger partial charge in [-0.1, -0.05) is 37.3 Å². The van der Waals surface area contributed by atoms with E-state index in [-0.39, 0.29) is 0 Å². The Bertz CT molecular complexity index is 519. The average Bonchev–Trinajstić information content (AvgIpc) is 2.64. The molecule has 96 valence electrons. The van der Waals surface area contributed by atoms with E-state index in [0.717, 1.165) is 23.1 Å². The van der Waals surface area contributed by atoms with Gasteiger partial charge in [0.2, 0.25) is 0 Å². The molecule has 1 unspecified atom stereocenters. The van der Waals surface area contributed by atoms with Crippen LogP contribution >= 0.6 is 15.9 Å². The predicted molar refractivity (Wildman–Crippen MR) is 78.6 cm³/mol. The minimum absolute atomic E-state index is 0.508. The Kier molecular flexibility index (Phi) is 4.07. The summed E-state index contributed by atoms with van der Waals surface area (Å²) in [4.78, 5) is 0. The number of hydrogen-bond donors (Lipinski definition) is 1. The third-order valence-corrected chi connectivity index (χ3v) is 4.21. The summed E-state index contributed by atoms with van der Waals surface area (Å²) in [5, 5.41) is 4.42. The highest BCUT2D eigenvalue weighted by Gasteiger charge is 2.11. The normalized spacial score (nSPS) is 12.6. The first-order chi connectivity index (χ1) is 8.59.